The van der Waals surface area contributed by atoms with Gasteiger partial charge in [0.1, 0.15) is 0 Å². The Kier molecular flexibility index (Phi) is 7.47. The number of para-hydroxylation sites is 1. The number of carbonyl (C=O) groups excluding carboxylic acids is 2. The van der Waals surface area contributed by atoms with E-state index in [4.69, 9.17) is 5.26 Å². The predicted molar refractivity (Wildman–Crippen MR) is 103 cm³/mol. The van der Waals surface area contributed by atoms with E-state index in [2.05, 4.69) is 16.1 Å². The summed E-state index contributed by atoms with van der Waals surface area (Å²) in [7, 11) is 1.33. The molecular formula is C20H18N2O3S. The van der Waals surface area contributed by atoms with Gasteiger partial charge in [-0.25, -0.2) is 4.79 Å². The van der Waals surface area contributed by atoms with Crippen LogP contribution in [0, 0.1) is 11.3 Å². The second kappa shape index (κ2) is 10.1. The Bertz CT molecular complexity index is 839. The Morgan fingerprint density at radius 3 is 2.62 bits per heavy atom. The molecule has 0 atom stereocenters. The van der Waals surface area contributed by atoms with Crippen molar-refractivity contribution in [2.45, 2.75) is 11.3 Å². The molecule has 132 valence electrons. The Balaban J connectivity index is 1.99. The zero-order valence-electron chi connectivity index (χ0n) is 14.3. The average molecular weight is 366 g/mol. The highest BCUT2D eigenvalue weighted by Gasteiger charge is 2.06. The number of nitriles is 1. The van der Waals surface area contributed by atoms with Crippen LogP contribution in [0.15, 0.2) is 59.5 Å². The van der Waals surface area contributed by atoms with Gasteiger partial charge in [0.25, 0.3) is 0 Å². The number of carbonyl (C=O) groups is 2. The zero-order chi connectivity index (χ0) is 18.8. The fraction of sp³-hybridized carbons (Fsp3) is 0.150. The molecule has 6 heteroatoms. The van der Waals surface area contributed by atoms with Crippen LogP contribution in [0.5, 0.6) is 0 Å². The Morgan fingerprint density at radius 2 is 1.92 bits per heavy atom. The molecule has 0 aromatic heterocycles. The third-order valence-electron chi connectivity index (χ3n) is 3.38. The van der Waals surface area contributed by atoms with E-state index >= 15 is 0 Å². The molecule has 0 spiro atoms. The molecule has 0 saturated heterocycles. The summed E-state index contributed by atoms with van der Waals surface area (Å²) in [4.78, 5) is 24.5. The quantitative estimate of drug-likeness (QED) is 0.345. The maximum absolute atomic E-state index is 12.2. The number of hydrogen-bond acceptors (Lipinski definition) is 5. The first-order chi connectivity index (χ1) is 12.6. The standard InChI is InChI=1S/C20H18N2O3S/c1-25-20(24)16-10-7-15(8-11-16)9-12-19(23)22-17-5-2-3-6-18(17)26-14-4-13-21/h2-3,5-12H,4,14H2,1H3,(H,22,23). The highest BCUT2D eigenvalue weighted by molar-refractivity contribution is 7.99. The number of benzene rings is 2. The van der Waals surface area contributed by atoms with Gasteiger partial charge >= 0.3 is 5.97 Å². The van der Waals surface area contributed by atoms with E-state index in [0.29, 0.717) is 23.4 Å². The van der Waals surface area contributed by atoms with E-state index in [-0.39, 0.29) is 5.91 Å². The molecule has 0 radical (unpaired) electrons. The van der Waals surface area contributed by atoms with Crippen LogP contribution in [0.25, 0.3) is 6.08 Å². The molecule has 0 saturated carbocycles. The first kappa shape index (κ1) is 19.3. The van der Waals surface area contributed by atoms with Gasteiger partial charge in [0.05, 0.1) is 24.4 Å². The second-order valence-electron chi connectivity index (χ2n) is 5.19. The van der Waals surface area contributed by atoms with Crippen molar-refractivity contribution in [2.24, 2.45) is 0 Å². The van der Waals surface area contributed by atoms with Crippen LogP contribution in [0.2, 0.25) is 0 Å². The molecule has 0 aliphatic rings. The SMILES string of the molecule is COC(=O)c1ccc(C=CC(=O)Nc2ccccc2SCCC#N)cc1. The molecule has 0 bridgehead atoms. The van der Waals surface area contributed by atoms with E-state index in [1.807, 2.05) is 24.3 Å². The van der Waals surface area contributed by atoms with Crippen molar-refractivity contribution in [2.75, 3.05) is 18.2 Å². The number of ether oxygens (including phenoxy) is 1. The van der Waals surface area contributed by atoms with Gasteiger partial charge in [0, 0.05) is 23.1 Å². The highest BCUT2D eigenvalue weighted by atomic mass is 32.2. The van der Waals surface area contributed by atoms with E-state index in [1.54, 1.807) is 30.3 Å². The number of esters is 1. The molecule has 2 aromatic rings. The first-order valence-corrected chi connectivity index (χ1v) is 8.89. The predicted octanol–water partition coefficient (Wildman–Crippen LogP) is 4.13. The summed E-state index contributed by atoms with van der Waals surface area (Å²) in [5.74, 6) is 0.0188. The van der Waals surface area contributed by atoms with Gasteiger partial charge in [0.15, 0.2) is 0 Å². The topological polar surface area (TPSA) is 79.2 Å². The fourth-order valence-corrected chi connectivity index (χ4v) is 2.96. The number of amides is 1. The molecular weight excluding hydrogens is 348 g/mol. The molecule has 0 fully saturated rings. The van der Waals surface area contributed by atoms with Crippen LogP contribution in [0.1, 0.15) is 22.3 Å². The maximum Gasteiger partial charge on any atom is 0.337 e. The fourth-order valence-electron chi connectivity index (χ4n) is 2.10. The number of nitrogens with zero attached hydrogens (tertiary/aromatic N) is 1. The number of nitrogens with one attached hydrogen (secondary N) is 1. The lowest BCUT2D eigenvalue weighted by molar-refractivity contribution is -0.111. The lowest BCUT2D eigenvalue weighted by Crippen LogP contribution is -2.08. The molecule has 0 aliphatic carbocycles. The number of methoxy groups -OCH3 is 1. The maximum atomic E-state index is 12.2. The van der Waals surface area contributed by atoms with Gasteiger partial charge in [-0.2, -0.15) is 5.26 Å². The lowest BCUT2D eigenvalue weighted by Gasteiger charge is -2.08. The van der Waals surface area contributed by atoms with E-state index in [1.165, 1.54) is 24.9 Å². The summed E-state index contributed by atoms with van der Waals surface area (Å²) in [6.45, 7) is 0. The van der Waals surface area contributed by atoms with E-state index < -0.39 is 5.97 Å². The minimum Gasteiger partial charge on any atom is -0.465 e. The minimum absolute atomic E-state index is 0.254. The van der Waals surface area contributed by atoms with E-state index in [9.17, 15) is 9.59 Å². The summed E-state index contributed by atoms with van der Waals surface area (Å²) >= 11 is 1.53. The molecule has 0 heterocycles. The van der Waals surface area contributed by atoms with Gasteiger partial charge in [-0.1, -0.05) is 24.3 Å². The third kappa shape index (κ3) is 5.80. The number of rotatable bonds is 7. The molecule has 5 nitrogen and oxygen atoms in total. The average Bonchev–Trinajstić information content (AvgIpc) is 2.67. The van der Waals surface area contributed by atoms with Crippen molar-refractivity contribution in [3.8, 4) is 6.07 Å². The van der Waals surface area contributed by atoms with Crippen molar-refractivity contribution < 1.29 is 14.3 Å². The number of anilines is 1. The third-order valence-corrected chi connectivity index (χ3v) is 4.45. The van der Waals surface area contributed by atoms with Crippen molar-refractivity contribution in [3.05, 3.63) is 65.7 Å². The van der Waals surface area contributed by atoms with Crippen molar-refractivity contribution in [1.82, 2.24) is 0 Å². The molecule has 0 unspecified atom stereocenters. The summed E-state index contributed by atoms with van der Waals surface area (Å²) in [6.07, 6.45) is 3.56. The normalized spacial score (nSPS) is 10.3. The van der Waals surface area contributed by atoms with Gasteiger partial charge in [-0.3, -0.25) is 4.79 Å². The molecule has 0 aliphatic heterocycles. The van der Waals surface area contributed by atoms with Gasteiger partial charge in [-0.15, -0.1) is 11.8 Å². The zero-order valence-corrected chi connectivity index (χ0v) is 15.1. The molecule has 26 heavy (non-hydrogen) atoms. The van der Waals surface area contributed by atoms with Gasteiger partial charge in [0.2, 0.25) is 5.91 Å². The van der Waals surface area contributed by atoms with Crippen LogP contribution < -0.4 is 5.32 Å². The molecule has 2 rings (SSSR count). The summed E-state index contributed by atoms with van der Waals surface area (Å²) in [5.41, 5.74) is 1.97. The number of hydrogen-bond donors (Lipinski definition) is 1. The second-order valence-corrected chi connectivity index (χ2v) is 6.33. The minimum atomic E-state index is -0.399. The Morgan fingerprint density at radius 1 is 1.19 bits per heavy atom. The summed E-state index contributed by atoms with van der Waals surface area (Å²) in [6, 6.07) is 16.3. The number of thioether (sulfide) groups is 1. The van der Waals surface area contributed by atoms with Gasteiger partial charge in [-0.05, 0) is 35.9 Å². The van der Waals surface area contributed by atoms with Crippen molar-refractivity contribution in [3.63, 3.8) is 0 Å². The molecule has 1 N–H and O–H groups in total. The summed E-state index contributed by atoms with van der Waals surface area (Å²) in [5, 5.41) is 11.5. The highest BCUT2D eigenvalue weighted by Crippen LogP contribution is 2.27. The van der Waals surface area contributed by atoms with Crippen LogP contribution in [0.4, 0.5) is 5.69 Å². The lowest BCUT2D eigenvalue weighted by atomic mass is 10.1. The Labute approximate surface area is 156 Å². The van der Waals surface area contributed by atoms with Crippen molar-refractivity contribution >= 4 is 35.4 Å². The van der Waals surface area contributed by atoms with E-state index in [0.717, 1.165) is 10.5 Å². The van der Waals surface area contributed by atoms with Crippen LogP contribution >= 0.6 is 11.8 Å². The van der Waals surface area contributed by atoms with Crippen LogP contribution in [0.3, 0.4) is 0 Å². The smallest absolute Gasteiger partial charge is 0.337 e. The Hall–Kier alpha value is -3.04. The summed E-state index contributed by atoms with van der Waals surface area (Å²) < 4.78 is 4.65. The van der Waals surface area contributed by atoms with Crippen LogP contribution in [-0.2, 0) is 9.53 Å². The molecule has 2 aromatic carbocycles. The van der Waals surface area contributed by atoms with Crippen LogP contribution in [-0.4, -0.2) is 24.7 Å². The van der Waals surface area contributed by atoms with Gasteiger partial charge < -0.3 is 10.1 Å². The van der Waals surface area contributed by atoms with Crippen molar-refractivity contribution in [1.29, 1.82) is 5.26 Å². The monoisotopic (exact) mass is 366 g/mol. The largest absolute Gasteiger partial charge is 0.465 e. The first-order valence-electron chi connectivity index (χ1n) is 7.90. The molecule has 1 amide bonds.